The van der Waals surface area contributed by atoms with Crippen molar-refractivity contribution in [3.8, 4) is 11.5 Å². The lowest BCUT2D eigenvalue weighted by Gasteiger charge is -2.09. The largest absolute Gasteiger partial charge is 0.497 e. The van der Waals surface area contributed by atoms with Crippen LogP contribution in [0.25, 0.3) is 6.08 Å². The SMILES string of the molecule is COc1ccc(OC)c(/C=C/C(=O)OCC(=O)Nc2c(Cl)cccc2Cl)c1. The van der Waals surface area contributed by atoms with Gasteiger partial charge >= 0.3 is 5.97 Å². The highest BCUT2D eigenvalue weighted by Gasteiger charge is 2.11. The summed E-state index contributed by atoms with van der Waals surface area (Å²) in [4.78, 5) is 23.8. The highest BCUT2D eigenvalue weighted by atomic mass is 35.5. The first-order chi connectivity index (χ1) is 12.9. The second kappa shape index (κ2) is 9.85. The summed E-state index contributed by atoms with van der Waals surface area (Å²) in [6, 6.07) is 9.97. The van der Waals surface area contributed by atoms with Crippen molar-refractivity contribution >= 4 is 46.8 Å². The van der Waals surface area contributed by atoms with Crippen LogP contribution >= 0.6 is 23.2 Å². The number of methoxy groups -OCH3 is 2. The molecule has 1 amide bonds. The molecule has 0 saturated carbocycles. The molecule has 0 saturated heterocycles. The third-order valence-electron chi connectivity index (χ3n) is 3.41. The third kappa shape index (κ3) is 5.91. The Morgan fingerprint density at radius 3 is 2.41 bits per heavy atom. The summed E-state index contributed by atoms with van der Waals surface area (Å²) in [7, 11) is 3.05. The second-order valence-electron chi connectivity index (χ2n) is 5.19. The number of benzene rings is 2. The molecule has 0 atom stereocenters. The highest BCUT2D eigenvalue weighted by Crippen LogP contribution is 2.29. The van der Waals surface area contributed by atoms with E-state index in [1.165, 1.54) is 26.4 Å². The Kier molecular flexibility index (Phi) is 7.52. The summed E-state index contributed by atoms with van der Waals surface area (Å²) in [6.45, 7) is -0.486. The molecular weight excluding hydrogens is 393 g/mol. The third-order valence-corrected chi connectivity index (χ3v) is 4.04. The molecule has 0 unspecified atom stereocenters. The fourth-order valence-corrected chi connectivity index (χ4v) is 2.60. The number of rotatable bonds is 7. The van der Waals surface area contributed by atoms with Gasteiger partial charge in [-0.05, 0) is 36.4 Å². The number of para-hydroxylation sites is 1. The molecule has 27 heavy (non-hydrogen) atoms. The Hall–Kier alpha value is -2.70. The van der Waals surface area contributed by atoms with Gasteiger partial charge in [0.05, 0.1) is 30.0 Å². The minimum atomic E-state index is -0.694. The number of hydrogen-bond donors (Lipinski definition) is 1. The minimum Gasteiger partial charge on any atom is -0.497 e. The molecular formula is C19H17Cl2NO5. The van der Waals surface area contributed by atoms with E-state index >= 15 is 0 Å². The van der Waals surface area contributed by atoms with Crippen LogP contribution in [-0.4, -0.2) is 32.7 Å². The van der Waals surface area contributed by atoms with Gasteiger partial charge in [-0.15, -0.1) is 0 Å². The maximum absolute atomic E-state index is 11.9. The first-order valence-electron chi connectivity index (χ1n) is 7.75. The number of carbonyl (C=O) groups is 2. The normalized spacial score (nSPS) is 10.5. The fourth-order valence-electron chi connectivity index (χ4n) is 2.11. The Balaban J connectivity index is 1.94. The quantitative estimate of drug-likeness (QED) is 0.547. The van der Waals surface area contributed by atoms with E-state index in [1.54, 1.807) is 36.4 Å². The zero-order chi connectivity index (χ0) is 19.8. The van der Waals surface area contributed by atoms with Gasteiger partial charge in [0.25, 0.3) is 5.91 Å². The number of esters is 1. The zero-order valence-electron chi connectivity index (χ0n) is 14.6. The van der Waals surface area contributed by atoms with E-state index in [1.807, 2.05) is 0 Å². The summed E-state index contributed by atoms with van der Waals surface area (Å²) >= 11 is 11.9. The molecule has 0 aliphatic carbocycles. The summed E-state index contributed by atoms with van der Waals surface area (Å²) in [5.74, 6) is -0.0863. The van der Waals surface area contributed by atoms with Crippen LogP contribution in [0.5, 0.6) is 11.5 Å². The molecule has 0 fully saturated rings. The van der Waals surface area contributed by atoms with E-state index in [2.05, 4.69) is 5.32 Å². The molecule has 2 aromatic carbocycles. The molecule has 0 heterocycles. The van der Waals surface area contributed by atoms with Crippen molar-refractivity contribution in [2.75, 3.05) is 26.1 Å². The van der Waals surface area contributed by atoms with Crippen LogP contribution in [0.4, 0.5) is 5.69 Å². The van der Waals surface area contributed by atoms with E-state index in [4.69, 9.17) is 37.4 Å². The first-order valence-corrected chi connectivity index (χ1v) is 8.51. The van der Waals surface area contributed by atoms with Crippen molar-refractivity contribution in [3.05, 3.63) is 58.1 Å². The molecule has 0 radical (unpaired) electrons. The van der Waals surface area contributed by atoms with Gasteiger partial charge in [-0.3, -0.25) is 4.79 Å². The maximum Gasteiger partial charge on any atom is 0.331 e. The standard InChI is InChI=1S/C19H17Cl2NO5/c1-25-13-7-8-16(26-2)12(10-13)6-9-18(24)27-11-17(23)22-19-14(20)4-3-5-15(19)21/h3-10H,11H2,1-2H3,(H,22,23)/b9-6+. The molecule has 0 aromatic heterocycles. The van der Waals surface area contributed by atoms with E-state index in [-0.39, 0.29) is 15.7 Å². The Morgan fingerprint density at radius 1 is 1.07 bits per heavy atom. The Morgan fingerprint density at radius 2 is 1.78 bits per heavy atom. The van der Waals surface area contributed by atoms with Gasteiger partial charge < -0.3 is 19.5 Å². The molecule has 2 aromatic rings. The molecule has 0 aliphatic rings. The summed E-state index contributed by atoms with van der Waals surface area (Å²) in [6.07, 6.45) is 2.69. The number of nitrogens with one attached hydrogen (secondary N) is 1. The molecule has 0 bridgehead atoms. The number of carbonyl (C=O) groups excluding carboxylic acids is 2. The van der Waals surface area contributed by atoms with Crippen molar-refractivity contribution < 1.29 is 23.8 Å². The lowest BCUT2D eigenvalue weighted by molar-refractivity contribution is -0.142. The summed E-state index contributed by atoms with van der Waals surface area (Å²) in [5.41, 5.74) is 0.889. The summed E-state index contributed by atoms with van der Waals surface area (Å²) in [5, 5.41) is 3.07. The van der Waals surface area contributed by atoms with Crippen molar-refractivity contribution in [3.63, 3.8) is 0 Å². The summed E-state index contributed by atoms with van der Waals surface area (Å²) < 4.78 is 15.3. The van der Waals surface area contributed by atoms with Gasteiger partial charge in [-0.1, -0.05) is 29.3 Å². The van der Waals surface area contributed by atoms with Gasteiger partial charge in [-0.25, -0.2) is 4.79 Å². The van der Waals surface area contributed by atoms with E-state index in [9.17, 15) is 9.59 Å². The lowest BCUT2D eigenvalue weighted by Crippen LogP contribution is -2.20. The molecule has 0 spiro atoms. The zero-order valence-corrected chi connectivity index (χ0v) is 16.1. The molecule has 6 nitrogen and oxygen atoms in total. The molecule has 1 N–H and O–H groups in total. The minimum absolute atomic E-state index is 0.263. The predicted octanol–water partition coefficient (Wildman–Crippen LogP) is 4.21. The molecule has 0 aliphatic heterocycles. The average Bonchev–Trinajstić information content (AvgIpc) is 2.67. The lowest BCUT2D eigenvalue weighted by atomic mass is 10.1. The highest BCUT2D eigenvalue weighted by molar-refractivity contribution is 6.39. The number of anilines is 1. The monoisotopic (exact) mass is 409 g/mol. The number of hydrogen-bond acceptors (Lipinski definition) is 5. The topological polar surface area (TPSA) is 73.9 Å². The Bertz CT molecular complexity index is 847. The first kappa shape index (κ1) is 20.6. The second-order valence-corrected chi connectivity index (χ2v) is 6.01. The van der Waals surface area contributed by atoms with Crippen LogP contribution in [0.1, 0.15) is 5.56 Å². The van der Waals surface area contributed by atoms with Crippen molar-refractivity contribution in [2.45, 2.75) is 0 Å². The van der Waals surface area contributed by atoms with Crippen LogP contribution in [-0.2, 0) is 14.3 Å². The van der Waals surface area contributed by atoms with Crippen molar-refractivity contribution in [1.29, 1.82) is 0 Å². The van der Waals surface area contributed by atoms with Gasteiger partial charge in [0.1, 0.15) is 11.5 Å². The van der Waals surface area contributed by atoms with Crippen molar-refractivity contribution in [1.82, 2.24) is 0 Å². The van der Waals surface area contributed by atoms with Crippen LogP contribution < -0.4 is 14.8 Å². The van der Waals surface area contributed by atoms with Gasteiger partial charge in [0.15, 0.2) is 6.61 Å². The maximum atomic E-state index is 11.9. The van der Waals surface area contributed by atoms with Crippen molar-refractivity contribution in [2.24, 2.45) is 0 Å². The average molecular weight is 410 g/mol. The Labute approximate surface area is 166 Å². The molecule has 142 valence electrons. The predicted molar refractivity (Wildman–Crippen MR) is 105 cm³/mol. The molecule has 8 heteroatoms. The molecule has 2 rings (SSSR count). The van der Waals surface area contributed by atoms with Crippen LogP contribution in [0.2, 0.25) is 10.0 Å². The van der Waals surface area contributed by atoms with E-state index < -0.39 is 18.5 Å². The van der Waals surface area contributed by atoms with Crippen LogP contribution in [0.15, 0.2) is 42.5 Å². The van der Waals surface area contributed by atoms with E-state index in [0.717, 1.165) is 0 Å². The van der Waals surface area contributed by atoms with Gasteiger partial charge in [-0.2, -0.15) is 0 Å². The van der Waals surface area contributed by atoms with Crippen LogP contribution in [0, 0.1) is 0 Å². The number of ether oxygens (including phenoxy) is 3. The fraction of sp³-hybridized carbons (Fsp3) is 0.158. The van der Waals surface area contributed by atoms with Crippen LogP contribution in [0.3, 0.4) is 0 Å². The number of halogens is 2. The van der Waals surface area contributed by atoms with Gasteiger partial charge in [0, 0.05) is 11.6 Å². The van der Waals surface area contributed by atoms with E-state index in [0.29, 0.717) is 17.1 Å². The van der Waals surface area contributed by atoms with Gasteiger partial charge in [0.2, 0.25) is 0 Å². The number of amides is 1. The smallest absolute Gasteiger partial charge is 0.331 e.